The number of carbonyl (C=O) groups is 1. The lowest BCUT2D eigenvalue weighted by Gasteiger charge is -2.18. The van der Waals surface area contributed by atoms with Crippen molar-refractivity contribution in [3.63, 3.8) is 0 Å². The van der Waals surface area contributed by atoms with Crippen molar-refractivity contribution in [1.29, 1.82) is 5.26 Å². The van der Waals surface area contributed by atoms with Crippen molar-refractivity contribution < 1.29 is 9.90 Å². The predicted octanol–water partition coefficient (Wildman–Crippen LogP) is 0.565. The Kier molecular flexibility index (Phi) is 7.99. The minimum Gasteiger partial charge on any atom is -0.392 e. The average Bonchev–Trinajstić information content (AvgIpc) is 2.33. The summed E-state index contributed by atoms with van der Waals surface area (Å²) in [6.45, 7) is 9.69. The number of aliphatic hydroxyl groups excluding tert-OH is 1. The molecule has 2 N–H and O–H groups in total. The molecule has 0 aliphatic rings. The molecule has 0 aromatic rings. The van der Waals surface area contributed by atoms with E-state index >= 15 is 0 Å². The molecule has 0 rings (SSSR count). The zero-order chi connectivity index (χ0) is 14.0. The van der Waals surface area contributed by atoms with Gasteiger partial charge in [-0.2, -0.15) is 5.26 Å². The number of amides is 1. The summed E-state index contributed by atoms with van der Waals surface area (Å²) in [7, 11) is 0. The molecule has 0 heterocycles. The van der Waals surface area contributed by atoms with E-state index in [9.17, 15) is 4.79 Å². The maximum Gasteiger partial charge on any atom is 0.266 e. The Bertz CT molecular complexity index is 357. The van der Waals surface area contributed by atoms with Crippen molar-refractivity contribution in [2.45, 2.75) is 13.0 Å². The van der Waals surface area contributed by atoms with Crippen molar-refractivity contribution in [3.05, 3.63) is 37.1 Å². The van der Waals surface area contributed by atoms with Crippen LogP contribution in [0.4, 0.5) is 0 Å². The Labute approximate surface area is 108 Å². The van der Waals surface area contributed by atoms with Crippen LogP contribution in [-0.2, 0) is 4.79 Å². The molecule has 0 bridgehead atoms. The third kappa shape index (κ3) is 5.87. The molecule has 0 spiro atoms. The van der Waals surface area contributed by atoms with E-state index in [4.69, 9.17) is 10.4 Å². The summed E-state index contributed by atoms with van der Waals surface area (Å²) >= 11 is 0. The molecule has 0 saturated carbocycles. The van der Waals surface area contributed by atoms with Crippen molar-refractivity contribution in [3.8, 4) is 6.07 Å². The normalized spacial score (nSPS) is 12.2. The van der Waals surface area contributed by atoms with Crippen LogP contribution in [0.5, 0.6) is 0 Å². The van der Waals surface area contributed by atoms with Crippen LogP contribution in [0.3, 0.4) is 0 Å². The largest absolute Gasteiger partial charge is 0.392 e. The number of nitriles is 1. The second kappa shape index (κ2) is 9.02. The van der Waals surface area contributed by atoms with Gasteiger partial charge in [0.1, 0.15) is 11.6 Å². The fourth-order valence-electron chi connectivity index (χ4n) is 1.20. The van der Waals surface area contributed by atoms with Crippen LogP contribution in [0.1, 0.15) is 6.92 Å². The minimum atomic E-state index is -0.547. The monoisotopic (exact) mass is 249 g/mol. The van der Waals surface area contributed by atoms with Crippen molar-refractivity contribution in [2.75, 3.05) is 19.6 Å². The number of rotatable bonds is 8. The quantitative estimate of drug-likeness (QED) is 0.374. The highest BCUT2D eigenvalue weighted by Gasteiger charge is 2.15. The molecule has 5 heteroatoms. The molecule has 98 valence electrons. The zero-order valence-corrected chi connectivity index (χ0v) is 10.6. The summed E-state index contributed by atoms with van der Waals surface area (Å²) in [5.41, 5.74) is -0.0145. The number of nitrogens with zero attached hydrogens (tertiary/aromatic N) is 2. The molecule has 0 radical (unpaired) electrons. The first kappa shape index (κ1) is 15.9. The molecule has 0 fully saturated rings. The number of carbonyl (C=O) groups excluding carboxylic acids is 1. The van der Waals surface area contributed by atoms with Gasteiger partial charge >= 0.3 is 0 Å². The molecule has 5 nitrogen and oxygen atoms in total. The van der Waals surface area contributed by atoms with Gasteiger partial charge in [0.2, 0.25) is 0 Å². The second-order valence-electron chi connectivity index (χ2n) is 3.71. The van der Waals surface area contributed by atoms with E-state index in [1.165, 1.54) is 11.1 Å². The van der Waals surface area contributed by atoms with Crippen molar-refractivity contribution in [2.24, 2.45) is 0 Å². The summed E-state index contributed by atoms with van der Waals surface area (Å²) in [5.74, 6) is -0.393. The van der Waals surface area contributed by atoms with Crippen LogP contribution in [0.15, 0.2) is 37.1 Å². The number of hydrogen-bond acceptors (Lipinski definition) is 4. The summed E-state index contributed by atoms with van der Waals surface area (Å²) in [6, 6.07) is 1.83. The molecular weight excluding hydrogens is 230 g/mol. The van der Waals surface area contributed by atoms with Gasteiger partial charge in [-0.05, 0) is 6.92 Å². The van der Waals surface area contributed by atoms with E-state index in [1.807, 2.05) is 6.07 Å². The smallest absolute Gasteiger partial charge is 0.266 e. The maximum atomic E-state index is 12.0. The Morgan fingerprint density at radius 1 is 1.50 bits per heavy atom. The highest BCUT2D eigenvalue weighted by atomic mass is 16.3. The lowest BCUT2D eigenvalue weighted by atomic mass is 10.2. The van der Waals surface area contributed by atoms with Gasteiger partial charge in [-0.1, -0.05) is 12.2 Å². The van der Waals surface area contributed by atoms with Gasteiger partial charge in [0.05, 0.1) is 6.10 Å². The number of hydrogen-bond donors (Lipinski definition) is 2. The third-order valence-electron chi connectivity index (χ3n) is 2.00. The Morgan fingerprint density at radius 3 is 2.44 bits per heavy atom. The minimum absolute atomic E-state index is 0.0145. The van der Waals surface area contributed by atoms with Gasteiger partial charge in [0, 0.05) is 25.8 Å². The fraction of sp³-hybridized carbons (Fsp3) is 0.385. The molecular formula is C13H19N3O2. The standard InChI is InChI=1S/C13H19N3O2/c1-4-6-16(7-5-2)13(18)12(8-14)10-15-9-11(3)17/h4-5,10-11,15,17H,1-2,6-7,9H2,3H3/b12-10-. The molecule has 0 aliphatic carbocycles. The van der Waals surface area contributed by atoms with Gasteiger partial charge in [0.15, 0.2) is 0 Å². The lowest BCUT2D eigenvalue weighted by molar-refractivity contribution is -0.125. The first-order valence-corrected chi connectivity index (χ1v) is 5.59. The van der Waals surface area contributed by atoms with E-state index in [0.717, 1.165) is 0 Å². The summed E-state index contributed by atoms with van der Waals surface area (Å²) in [4.78, 5) is 13.4. The molecule has 1 atom stereocenters. The lowest BCUT2D eigenvalue weighted by Crippen LogP contribution is -2.33. The van der Waals surface area contributed by atoms with Crippen LogP contribution >= 0.6 is 0 Å². The average molecular weight is 249 g/mol. The number of nitrogens with one attached hydrogen (secondary N) is 1. The van der Waals surface area contributed by atoms with Gasteiger partial charge in [-0.15, -0.1) is 13.2 Å². The van der Waals surface area contributed by atoms with Crippen LogP contribution in [-0.4, -0.2) is 41.7 Å². The highest BCUT2D eigenvalue weighted by molar-refractivity contribution is 5.97. The SMILES string of the molecule is C=CCN(CC=C)C(=O)/C(C#N)=C\NCC(C)O. The topological polar surface area (TPSA) is 76.4 Å². The molecule has 0 aromatic carbocycles. The highest BCUT2D eigenvalue weighted by Crippen LogP contribution is 2.01. The second-order valence-corrected chi connectivity index (χ2v) is 3.71. The Morgan fingerprint density at radius 2 is 2.06 bits per heavy atom. The summed E-state index contributed by atoms with van der Waals surface area (Å²) in [5, 5.41) is 20.7. The first-order chi connectivity index (χ1) is 8.56. The Balaban J connectivity index is 4.71. The van der Waals surface area contributed by atoms with Crippen molar-refractivity contribution in [1.82, 2.24) is 10.2 Å². The van der Waals surface area contributed by atoms with Gasteiger partial charge in [-0.3, -0.25) is 4.79 Å². The van der Waals surface area contributed by atoms with Gasteiger partial charge in [-0.25, -0.2) is 0 Å². The van der Waals surface area contributed by atoms with Crippen molar-refractivity contribution >= 4 is 5.91 Å². The van der Waals surface area contributed by atoms with Crippen LogP contribution in [0.2, 0.25) is 0 Å². The van der Waals surface area contributed by atoms with Gasteiger partial charge in [0.25, 0.3) is 5.91 Å². The third-order valence-corrected chi connectivity index (χ3v) is 2.00. The molecule has 18 heavy (non-hydrogen) atoms. The van der Waals surface area contributed by atoms with E-state index < -0.39 is 12.0 Å². The Hall–Kier alpha value is -2.06. The molecule has 0 aliphatic heterocycles. The predicted molar refractivity (Wildman–Crippen MR) is 70.4 cm³/mol. The van der Waals surface area contributed by atoms with Crippen LogP contribution in [0, 0.1) is 11.3 Å². The first-order valence-electron chi connectivity index (χ1n) is 5.59. The van der Waals surface area contributed by atoms with E-state index in [0.29, 0.717) is 13.1 Å². The van der Waals surface area contributed by atoms with Crippen LogP contribution in [0.25, 0.3) is 0 Å². The summed E-state index contributed by atoms with van der Waals surface area (Å²) in [6.07, 6.45) is 3.93. The maximum absolute atomic E-state index is 12.0. The zero-order valence-electron chi connectivity index (χ0n) is 10.6. The fourth-order valence-corrected chi connectivity index (χ4v) is 1.20. The number of aliphatic hydroxyl groups is 1. The van der Waals surface area contributed by atoms with E-state index in [2.05, 4.69) is 18.5 Å². The van der Waals surface area contributed by atoms with Gasteiger partial charge < -0.3 is 15.3 Å². The molecule has 1 unspecified atom stereocenters. The van der Waals surface area contributed by atoms with Crippen LogP contribution < -0.4 is 5.32 Å². The molecule has 0 saturated heterocycles. The van der Waals surface area contributed by atoms with E-state index in [1.54, 1.807) is 19.1 Å². The molecule has 0 aromatic heterocycles. The molecule has 1 amide bonds. The summed E-state index contributed by atoms with van der Waals surface area (Å²) < 4.78 is 0. The van der Waals surface area contributed by atoms with E-state index in [-0.39, 0.29) is 12.1 Å².